The van der Waals surface area contributed by atoms with Crippen LogP contribution in [0, 0.1) is 5.92 Å². The van der Waals surface area contributed by atoms with Crippen molar-refractivity contribution in [3.63, 3.8) is 0 Å². The predicted octanol–water partition coefficient (Wildman–Crippen LogP) is 7.80. The van der Waals surface area contributed by atoms with Crippen LogP contribution in [-0.4, -0.2) is 76.4 Å². The van der Waals surface area contributed by atoms with Crippen molar-refractivity contribution in [3.8, 4) is 33.6 Å². The zero-order valence-electron chi connectivity index (χ0n) is 30.5. The SMILES string of the molecule is CC(C)[C@H](Nc1ncccn1)C(=O)N1CCC[C@H]1c1ncc(-c2ccc(-c3ccc(-c4cnc([C@@H]5CCCN5C(=O)OC(C)(C)C)[nH]4)cc3)cc2)[nH]1. The lowest BCUT2D eigenvalue weighted by molar-refractivity contribution is -0.134. The van der Waals surface area contributed by atoms with Gasteiger partial charge in [0.1, 0.15) is 23.3 Å². The summed E-state index contributed by atoms with van der Waals surface area (Å²) in [6, 6.07) is 17.9. The van der Waals surface area contributed by atoms with Crippen LogP contribution in [-0.2, 0) is 9.53 Å². The van der Waals surface area contributed by atoms with Gasteiger partial charge in [-0.3, -0.25) is 9.69 Å². The molecule has 2 aliphatic heterocycles. The number of nitrogens with one attached hydrogen (secondary N) is 3. The Balaban J connectivity index is 1.00. The van der Waals surface area contributed by atoms with Gasteiger partial charge in [0.15, 0.2) is 0 Å². The third-order valence-electron chi connectivity index (χ3n) is 9.75. The molecule has 2 fully saturated rings. The zero-order chi connectivity index (χ0) is 36.4. The predicted molar refractivity (Wildman–Crippen MR) is 200 cm³/mol. The number of anilines is 1. The second kappa shape index (κ2) is 14.6. The van der Waals surface area contributed by atoms with Crippen LogP contribution in [0.4, 0.5) is 10.7 Å². The molecule has 0 radical (unpaired) electrons. The molecule has 270 valence electrons. The third-order valence-corrected chi connectivity index (χ3v) is 9.75. The molecule has 2 aromatic carbocycles. The van der Waals surface area contributed by atoms with Gasteiger partial charge in [-0.2, -0.15) is 0 Å². The molecule has 0 aliphatic carbocycles. The summed E-state index contributed by atoms with van der Waals surface area (Å²) in [5.74, 6) is 2.11. The Morgan fingerprint density at radius 3 is 1.73 bits per heavy atom. The highest BCUT2D eigenvalue weighted by molar-refractivity contribution is 5.85. The second-order valence-electron chi connectivity index (χ2n) is 15.0. The molecule has 0 unspecified atom stereocenters. The molecule has 5 heterocycles. The number of aromatic nitrogens is 6. The summed E-state index contributed by atoms with van der Waals surface area (Å²) in [5, 5.41) is 3.25. The largest absolute Gasteiger partial charge is 0.444 e. The number of rotatable bonds is 9. The number of amides is 2. The second-order valence-corrected chi connectivity index (χ2v) is 15.0. The summed E-state index contributed by atoms with van der Waals surface area (Å²) >= 11 is 0. The molecule has 3 aromatic heterocycles. The molecule has 3 N–H and O–H groups in total. The van der Waals surface area contributed by atoms with E-state index in [0.717, 1.165) is 71.0 Å². The smallest absolute Gasteiger partial charge is 0.410 e. The maximum Gasteiger partial charge on any atom is 0.410 e. The molecule has 5 aromatic rings. The summed E-state index contributed by atoms with van der Waals surface area (Å²) in [4.78, 5) is 55.2. The van der Waals surface area contributed by atoms with Gasteiger partial charge in [0.05, 0.1) is 35.9 Å². The van der Waals surface area contributed by atoms with E-state index in [2.05, 4.69) is 78.8 Å². The van der Waals surface area contributed by atoms with Crippen molar-refractivity contribution < 1.29 is 14.3 Å². The van der Waals surface area contributed by atoms with Gasteiger partial charge < -0.3 is 24.9 Å². The fourth-order valence-corrected chi connectivity index (χ4v) is 7.10. The Morgan fingerprint density at radius 1 is 0.750 bits per heavy atom. The van der Waals surface area contributed by atoms with E-state index in [4.69, 9.17) is 9.72 Å². The van der Waals surface area contributed by atoms with Gasteiger partial charge in [0, 0.05) is 25.5 Å². The minimum atomic E-state index is -0.542. The maximum absolute atomic E-state index is 13.8. The van der Waals surface area contributed by atoms with Crippen LogP contribution >= 0.6 is 0 Å². The zero-order valence-corrected chi connectivity index (χ0v) is 30.5. The van der Waals surface area contributed by atoms with E-state index in [0.29, 0.717) is 19.0 Å². The first-order valence-corrected chi connectivity index (χ1v) is 18.2. The molecule has 52 heavy (non-hydrogen) atoms. The molecule has 0 spiro atoms. The first kappa shape index (κ1) is 34.9. The Labute approximate surface area is 304 Å². The van der Waals surface area contributed by atoms with E-state index >= 15 is 0 Å². The number of hydrogen-bond acceptors (Lipinski definition) is 8. The van der Waals surface area contributed by atoms with E-state index in [9.17, 15) is 9.59 Å². The van der Waals surface area contributed by atoms with E-state index < -0.39 is 11.6 Å². The number of carbonyl (C=O) groups excluding carboxylic acids is 2. The molecule has 0 bridgehead atoms. The average molecular weight is 702 g/mol. The summed E-state index contributed by atoms with van der Waals surface area (Å²) in [6.07, 6.45) is 10.3. The number of ether oxygens (including phenoxy) is 1. The first-order valence-electron chi connectivity index (χ1n) is 18.2. The fourth-order valence-electron chi connectivity index (χ4n) is 7.10. The number of nitrogens with zero attached hydrogens (tertiary/aromatic N) is 6. The van der Waals surface area contributed by atoms with Crippen LogP contribution in [0.5, 0.6) is 0 Å². The molecule has 12 nitrogen and oxygen atoms in total. The normalized spacial score (nSPS) is 18.2. The molecule has 3 atom stereocenters. The van der Waals surface area contributed by atoms with Gasteiger partial charge in [-0.25, -0.2) is 24.7 Å². The topological polar surface area (TPSA) is 145 Å². The summed E-state index contributed by atoms with van der Waals surface area (Å²) in [7, 11) is 0. The van der Waals surface area contributed by atoms with Gasteiger partial charge in [0.25, 0.3) is 0 Å². The number of hydrogen-bond donors (Lipinski definition) is 3. The Kier molecular flexibility index (Phi) is 9.81. The highest BCUT2D eigenvalue weighted by Gasteiger charge is 2.37. The number of imidazole rings is 2. The van der Waals surface area contributed by atoms with Crippen molar-refractivity contribution in [2.24, 2.45) is 5.92 Å². The lowest BCUT2D eigenvalue weighted by atomic mass is 10.0. The van der Waals surface area contributed by atoms with Crippen LogP contribution in [0.3, 0.4) is 0 Å². The first-order chi connectivity index (χ1) is 25.0. The van der Waals surface area contributed by atoms with Crippen molar-refractivity contribution in [3.05, 3.63) is 91.0 Å². The molecule has 2 saturated heterocycles. The van der Waals surface area contributed by atoms with Crippen molar-refractivity contribution in [1.82, 2.24) is 39.7 Å². The van der Waals surface area contributed by atoms with E-state index in [-0.39, 0.29) is 30.0 Å². The summed E-state index contributed by atoms with van der Waals surface area (Å²) in [5.41, 5.74) is 5.52. The molecular weight excluding hydrogens is 654 g/mol. The van der Waals surface area contributed by atoms with Crippen molar-refractivity contribution in [1.29, 1.82) is 0 Å². The monoisotopic (exact) mass is 701 g/mol. The number of likely N-dealkylation sites (tertiary alicyclic amines) is 2. The number of H-pyrrole nitrogens is 2. The highest BCUT2D eigenvalue weighted by Crippen LogP contribution is 2.35. The maximum atomic E-state index is 13.8. The Hall–Kier alpha value is -5.52. The lowest BCUT2D eigenvalue weighted by Crippen LogP contribution is -2.45. The van der Waals surface area contributed by atoms with Crippen molar-refractivity contribution in [2.45, 2.75) is 84.0 Å². The molecule has 12 heteroatoms. The summed E-state index contributed by atoms with van der Waals surface area (Å²) in [6.45, 7) is 11.1. The lowest BCUT2D eigenvalue weighted by Gasteiger charge is -2.30. The van der Waals surface area contributed by atoms with Crippen LogP contribution in [0.2, 0.25) is 0 Å². The van der Waals surface area contributed by atoms with E-state index in [1.807, 2.05) is 51.9 Å². The third kappa shape index (κ3) is 7.56. The van der Waals surface area contributed by atoms with Gasteiger partial charge in [-0.15, -0.1) is 0 Å². The Bertz CT molecular complexity index is 1980. The summed E-state index contributed by atoms with van der Waals surface area (Å²) < 4.78 is 5.64. The minimum Gasteiger partial charge on any atom is -0.444 e. The van der Waals surface area contributed by atoms with Crippen LogP contribution in [0.15, 0.2) is 79.4 Å². The van der Waals surface area contributed by atoms with Gasteiger partial charge in [-0.1, -0.05) is 62.4 Å². The van der Waals surface area contributed by atoms with Crippen molar-refractivity contribution >= 4 is 17.9 Å². The van der Waals surface area contributed by atoms with E-state index in [1.165, 1.54) is 0 Å². The molecular formula is C40H47N9O3. The minimum absolute atomic E-state index is 0.0323. The van der Waals surface area contributed by atoms with E-state index in [1.54, 1.807) is 23.4 Å². The average Bonchev–Trinajstić information content (AvgIpc) is 3.97. The van der Waals surface area contributed by atoms with Gasteiger partial charge in [-0.05, 0) is 80.7 Å². The standard InChI is InChI=1S/C40H47N9O3/c1-25(2)34(47-38-41-19-8-20-42-38)37(50)48-21-6-9-32(48)35-43-23-30(45-35)28-15-11-26(12-16-28)27-13-17-29(18-14-27)31-24-44-36(46-31)33-10-7-22-49(33)39(51)52-40(3,4)5/h8,11-20,23-25,32-34H,6-7,9-10,21-22H2,1-5H3,(H,43,45)(H,44,46)(H,41,42,47)/t32-,33-,34-/m0/s1. The van der Waals surface area contributed by atoms with Crippen LogP contribution < -0.4 is 5.32 Å². The highest BCUT2D eigenvalue weighted by atomic mass is 16.6. The number of carbonyl (C=O) groups is 2. The quantitative estimate of drug-likeness (QED) is 0.141. The number of benzene rings is 2. The fraction of sp³-hybridized carbons (Fsp3) is 0.400. The van der Waals surface area contributed by atoms with Crippen LogP contribution in [0.1, 0.15) is 84.0 Å². The molecule has 0 saturated carbocycles. The van der Waals surface area contributed by atoms with Gasteiger partial charge in [0.2, 0.25) is 11.9 Å². The van der Waals surface area contributed by atoms with Crippen LogP contribution in [0.25, 0.3) is 33.6 Å². The molecule has 2 aliphatic rings. The molecule has 7 rings (SSSR count). The van der Waals surface area contributed by atoms with Gasteiger partial charge >= 0.3 is 6.09 Å². The van der Waals surface area contributed by atoms with Crippen molar-refractivity contribution in [2.75, 3.05) is 18.4 Å². The Morgan fingerprint density at radius 2 is 1.23 bits per heavy atom. The number of aromatic amines is 2. The molecule has 2 amide bonds.